The second-order valence-electron chi connectivity index (χ2n) is 7.69. The summed E-state index contributed by atoms with van der Waals surface area (Å²) in [5.74, 6) is -0.0822. The van der Waals surface area contributed by atoms with Gasteiger partial charge in [-0.3, -0.25) is 14.7 Å². The number of methoxy groups -OCH3 is 1. The smallest absolute Gasteiger partial charge is 0.246 e. The van der Waals surface area contributed by atoms with Gasteiger partial charge in [0.2, 0.25) is 11.8 Å². The summed E-state index contributed by atoms with van der Waals surface area (Å²) in [6.07, 6.45) is -0.0518. The molecular weight excluding hydrogens is 413 g/mol. The van der Waals surface area contributed by atoms with Gasteiger partial charge in [0.1, 0.15) is 18.2 Å². The van der Waals surface area contributed by atoms with Crippen LogP contribution in [-0.2, 0) is 20.7 Å². The van der Waals surface area contributed by atoms with Crippen LogP contribution in [0.4, 0.5) is 4.39 Å². The lowest BCUT2D eigenvalue weighted by Crippen LogP contribution is -2.42. The zero-order valence-electron chi connectivity index (χ0n) is 17.6. The Labute approximate surface area is 184 Å². The number of hydrogen-bond acceptors (Lipinski definition) is 5. The van der Waals surface area contributed by atoms with Crippen molar-refractivity contribution in [2.24, 2.45) is 0 Å². The monoisotopic (exact) mass is 437 g/mol. The van der Waals surface area contributed by atoms with E-state index in [1.165, 1.54) is 13.2 Å². The third-order valence-electron chi connectivity index (χ3n) is 5.48. The van der Waals surface area contributed by atoms with Gasteiger partial charge in [0.15, 0.2) is 5.82 Å². The van der Waals surface area contributed by atoms with Crippen molar-refractivity contribution in [3.05, 3.63) is 71.8 Å². The van der Waals surface area contributed by atoms with Crippen LogP contribution in [0.15, 0.2) is 54.6 Å². The lowest BCUT2D eigenvalue weighted by molar-refractivity contribution is -0.130. The van der Waals surface area contributed by atoms with Gasteiger partial charge in [-0.2, -0.15) is 5.10 Å². The number of amides is 2. The number of rotatable bonds is 7. The van der Waals surface area contributed by atoms with E-state index in [2.05, 4.69) is 20.5 Å². The summed E-state index contributed by atoms with van der Waals surface area (Å²) in [5, 5.41) is 10.2. The molecule has 0 radical (unpaired) electrons. The van der Waals surface area contributed by atoms with Crippen LogP contribution in [0.1, 0.15) is 17.3 Å². The number of ether oxygens (including phenoxy) is 1. The Bertz CT molecular complexity index is 1090. The molecule has 1 fully saturated rings. The van der Waals surface area contributed by atoms with Gasteiger partial charge in [0.05, 0.1) is 18.4 Å². The topological polar surface area (TPSA) is 100 Å². The minimum Gasteiger partial charge on any atom is -0.375 e. The molecule has 0 aliphatic carbocycles. The fraction of sp³-hybridized carbons (Fsp3) is 0.304. The Hall–Kier alpha value is -3.59. The molecule has 2 atom stereocenters. The zero-order valence-corrected chi connectivity index (χ0v) is 17.6. The quantitative estimate of drug-likeness (QED) is 0.588. The number of carbonyl (C=O) groups is 2. The second kappa shape index (κ2) is 9.69. The molecule has 1 aliphatic heterocycles. The van der Waals surface area contributed by atoms with Crippen molar-refractivity contribution < 1.29 is 18.7 Å². The maximum atomic E-state index is 14.0. The summed E-state index contributed by atoms with van der Waals surface area (Å²) in [5.41, 5.74) is 1.20. The second-order valence-corrected chi connectivity index (χ2v) is 7.69. The first-order valence-corrected chi connectivity index (χ1v) is 10.3. The molecule has 32 heavy (non-hydrogen) atoms. The molecule has 0 saturated carbocycles. The third-order valence-corrected chi connectivity index (χ3v) is 5.48. The van der Waals surface area contributed by atoms with Crippen molar-refractivity contribution in [3.63, 3.8) is 0 Å². The van der Waals surface area contributed by atoms with Gasteiger partial charge in [0.25, 0.3) is 0 Å². The van der Waals surface area contributed by atoms with Crippen LogP contribution in [0.2, 0.25) is 0 Å². The highest BCUT2D eigenvalue weighted by atomic mass is 19.1. The van der Waals surface area contributed by atoms with E-state index in [9.17, 15) is 14.0 Å². The van der Waals surface area contributed by atoms with E-state index in [1.54, 1.807) is 23.1 Å². The third kappa shape index (κ3) is 4.83. The summed E-state index contributed by atoms with van der Waals surface area (Å²) in [7, 11) is 1.44. The Kier molecular flexibility index (Phi) is 6.55. The first-order valence-electron chi connectivity index (χ1n) is 10.3. The van der Waals surface area contributed by atoms with Crippen molar-refractivity contribution in [2.45, 2.75) is 18.4 Å². The van der Waals surface area contributed by atoms with Gasteiger partial charge >= 0.3 is 0 Å². The molecule has 0 spiro atoms. The molecular formula is C23H24FN5O3. The van der Waals surface area contributed by atoms with E-state index in [0.717, 1.165) is 5.56 Å². The molecule has 4 rings (SSSR count). The molecule has 1 aliphatic rings. The van der Waals surface area contributed by atoms with Gasteiger partial charge < -0.3 is 15.0 Å². The fourth-order valence-electron chi connectivity index (χ4n) is 3.88. The van der Waals surface area contributed by atoms with Crippen LogP contribution in [0.3, 0.4) is 0 Å². The molecule has 2 amide bonds. The van der Waals surface area contributed by atoms with Crippen molar-refractivity contribution >= 4 is 11.8 Å². The van der Waals surface area contributed by atoms with E-state index in [0.29, 0.717) is 23.8 Å². The maximum absolute atomic E-state index is 14.0. The van der Waals surface area contributed by atoms with Gasteiger partial charge in [0, 0.05) is 25.8 Å². The number of hydrogen-bond donors (Lipinski definition) is 2. The first kappa shape index (κ1) is 21.6. The molecule has 0 bridgehead atoms. The molecule has 3 aromatic rings. The predicted octanol–water partition coefficient (Wildman–Crippen LogP) is 1.91. The van der Waals surface area contributed by atoms with Crippen LogP contribution in [0.5, 0.6) is 0 Å². The maximum Gasteiger partial charge on any atom is 0.246 e. The molecule has 166 valence electrons. The van der Waals surface area contributed by atoms with Gasteiger partial charge in [-0.15, -0.1) is 0 Å². The minimum absolute atomic E-state index is 0.0518. The summed E-state index contributed by atoms with van der Waals surface area (Å²) in [4.78, 5) is 31.3. The van der Waals surface area contributed by atoms with Gasteiger partial charge in [-0.25, -0.2) is 9.37 Å². The number of nitrogens with one attached hydrogen (secondary N) is 2. The zero-order chi connectivity index (χ0) is 22.5. The minimum atomic E-state index is -0.413. The Morgan fingerprint density at radius 3 is 2.66 bits per heavy atom. The highest BCUT2D eigenvalue weighted by molar-refractivity contribution is 5.80. The van der Waals surface area contributed by atoms with E-state index >= 15 is 0 Å². The van der Waals surface area contributed by atoms with Crippen LogP contribution in [0.25, 0.3) is 11.4 Å². The van der Waals surface area contributed by atoms with Gasteiger partial charge in [-0.1, -0.05) is 48.5 Å². The van der Waals surface area contributed by atoms with Crippen molar-refractivity contribution in [3.8, 4) is 11.4 Å². The van der Waals surface area contributed by atoms with E-state index in [4.69, 9.17) is 4.74 Å². The van der Waals surface area contributed by atoms with Crippen LogP contribution >= 0.6 is 0 Å². The highest BCUT2D eigenvalue weighted by Crippen LogP contribution is 2.28. The predicted molar refractivity (Wildman–Crippen MR) is 115 cm³/mol. The van der Waals surface area contributed by atoms with Crippen LogP contribution in [0, 0.1) is 5.82 Å². The number of benzene rings is 2. The fourth-order valence-corrected chi connectivity index (χ4v) is 3.88. The average Bonchev–Trinajstić information content (AvgIpc) is 3.43. The van der Waals surface area contributed by atoms with Crippen molar-refractivity contribution in [1.82, 2.24) is 25.4 Å². The van der Waals surface area contributed by atoms with Crippen LogP contribution < -0.4 is 5.32 Å². The Morgan fingerprint density at radius 1 is 1.16 bits per heavy atom. The standard InChI is InChI=1S/C23H24FN5O3/c1-32-14-20(30)25-19-13-29(21(31)11-16-9-5-6-10-18(16)24)12-17(19)23-26-22(27-28-23)15-7-3-2-4-8-15/h2-10,17,19H,11-14H2,1H3,(H,25,30)(H,26,27,28)/t17-,19-/m1/s1. The van der Waals surface area contributed by atoms with Crippen molar-refractivity contribution in [2.75, 3.05) is 26.8 Å². The van der Waals surface area contributed by atoms with E-state index in [1.807, 2.05) is 30.3 Å². The summed E-state index contributed by atoms with van der Waals surface area (Å²) in [6.45, 7) is 0.529. The SMILES string of the molecule is COCC(=O)N[C@@H]1CN(C(=O)Cc2ccccc2F)C[C@H]1c1nc(-c2ccccc2)n[nH]1. The Morgan fingerprint density at radius 2 is 1.91 bits per heavy atom. The molecule has 2 heterocycles. The van der Waals surface area contributed by atoms with E-state index in [-0.39, 0.29) is 43.3 Å². The summed E-state index contributed by atoms with van der Waals surface area (Å²) >= 11 is 0. The normalized spacial score (nSPS) is 18.0. The molecule has 9 heteroatoms. The first-order chi connectivity index (χ1) is 15.5. The number of likely N-dealkylation sites (tertiary alicyclic amines) is 1. The molecule has 2 aromatic carbocycles. The lowest BCUT2D eigenvalue weighted by Gasteiger charge is -2.18. The number of H-pyrrole nitrogens is 1. The number of aromatic nitrogens is 3. The number of aromatic amines is 1. The van der Waals surface area contributed by atoms with E-state index < -0.39 is 5.82 Å². The van der Waals surface area contributed by atoms with Gasteiger partial charge in [-0.05, 0) is 11.6 Å². The summed E-state index contributed by atoms with van der Waals surface area (Å²) in [6, 6.07) is 15.4. The molecule has 1 saturated heterocycles. The molecule has 2 N–H and O–H groups in total. The highest BCUT2D eigenvalue weighted by Gasteiger charge is 2.39. The van der Waals surface area contributed by atoms with Crippen molar-refractivity contribution in [1.29, 1.82) is 0 Å². The number of nitrogens with zero attached hydrogens (tertiary/aromatic N) is 3. The largest absolute Gasteiger partial charge is 0.375 e. The van der Waals surface area contributed by atoms with Crippen LogP contribution in [-0.4, -0.2) is 64.7 Å². The lowest BCUT2D eigenvalue weighted by atomic mass is 10.0. The molecule has 0 unspecified atom stereocenters. The molecule has 1 aromatic heterocycles. The average molecular weight is 437 g/mol. The summed E-state index contributed by atoms with van der Waals surface area (Å²) < 4.78 is 18.9. The number of carbonyl (C=O) groups excluding carboxylic acids is 2. The Balaban J connectivity index is 1.54. The molecule has 8 nitrogen and oxygen atoms in total. The number of halogens is 1.